The highest BCUT2D eigenvalue weighted by molar-refractivity contribution is 7.98. The molecule has 1 saturated heterocycles. The van der Waals surface area contributed by atoms with E-state index in [1.807, 2.05) is 23.9 Å². The Bertz CT molecular complexity index is 520. The van der Waals surface area contributed by atoms with Gasteiger partial charge in [-0.05, 0) is 43.2 Å². The largest absolute Gasteiger partial charge is 0.508 e. The van der Waals surface area contributed by atoms with Crippen LogP contribution in [-0.4, -0.2) is 65.2 Å². The average molecular weight is 368 g/mol. The van der Waals surface area contributed by atoms with Crippen molar-refractivity contribution in [2.45, 2.75) is 31.7 Å². The van der Waals surface area contributed by atoms with Gasteiger partial charge in [-0.3, -0.25) is 9.59 Å². The number of hydrogen-bond acceptors (Lipinski definition) is 5. The lowest BCUT2D eigenvalue weighted by Crippen LogP contribution is -2.45. The third-order valence-electron chi connectivity index (χ3n) is 4.12. The first-order chi connectivity index (χ1) is 12.1. The molecular formula is C18H28N2O4S. The van der Waals surface area contributed by atoms with Crippen molar-refractivity contribution in [1.82, 2.24) is 10.2 Å². The zero-order valence-corrected chi connectivity index (χ0v) is 15.5. The van der Waals surface area contributed by atoms with Crippen molar-refractivity contribution in [3.05, 3.63) is 29.8 Å². The minimum absolute atomic E-state index is 0.117. The maximum atomic E-state index is 12.0. The smallest absolute Gasteiger partial charge is 0.290 e. The second kappa shape index (κ2) is 12.6. The van der Waals surface area contributed by atoms with Gasteiger partial charge in [-0.2, -0.15) is 11.8 Å². The fourth-order valence-electron chi connectivity index (χ4n) is 2.79. The van der Waals surface area contributed by atoms with Gasteiger partial charge in [0.2, 0.25) is 5.91 Å². The molecule has 1 aromatic rings. The summed E-state index contributed by atoms with van der Waals surface area (Å²) in [6.07, 6.45) is 5.39. The van der Waals surface area contributed by atoms with Crippen molar-refractivity contribution >= 4 is 24.1 Å². The zero-order chi connectivity index (χ0) is 18.5. The first-order valence-electron chi connectivity index (χ1n) is 8.45. The lowest BCUT2D eigenvalue weighted by Gasteiger charge is -2.32. The topological polar surface area (TPSA) is 89.9 Å². The minimum Gasteiger partial charge on any atom is -0.508 e. The Balaban J connectivity index is 0.000000970. The van der Waals surface area contributed by atoms with E-state index in [9.17, 15) is 9.90 Å². The summed E-state index contributed by atoms with van der Waals surface area (Å²) >= 11 is 1.88. The third-order valence-corrected chi connectivity index (χ3v) is 4.71. The molecule has 7 heteroatoms. The third kappa shape index (κ3) is 9.36. The molecule has 1 aliphatic rings. The van der Waals surface area contributed by atoms with Crippen LogP contribution in [0.25, 0.3) is 0 Å². The number of amides is 1. The van der Waals surface area contributed by atoms with E-state index in [1.165, 1.54) is 5.75 Å². The van der Waals surface area contributed by atoms with Gasteiger partial charge in [-0.1, -0.05) is 12.1 Å². The van der Waals surface area contributed by atoms with Gasteiger partial charge in [-0.25, -0.2) is 0 Å². The van der Waals surface area contributed by atoms with Crippen molar-refractivity contribution in [1.29, 1.82) is 0 Å². The standard InChI is InChI=1S/C17H26N2O2S.CH2O2/c1-22-12-11-19-9-7-15(8-10-19)18-17(21)6-5-14-3-2-4-16(20)13-14;2-1-3/h2-4,13,15,20H,5-12H2,1H3,(H,18,21);1H,(H,2,3). The highest BCUT2D eigenvalue weighted by Gasteiger charge is 2.20. The van der Waals surface area contributed by atoms with Crippen LogP contribution in [0.5, 0.6) is 5.75 Å². The van der Waals surface area contributed by atoms with Gasteiger partial charge in [-0.15, -0.1) is 0 Å². The molecule has 1 aliphatic heterocycles. The second-order valence-corrected chi connectivity index (χ2v) is 6.94. The summed E-state index contributed by atoms with van der Waals surface area (Å²) in [6, 6.07) is 7.44. The first-order valence-corrected chi connectivity index (χ1v) is 9.84. The number of aryl methyl sites for hydroxylation is 1. The molecule has 0 saturated carbocycles. The highest BCUT2D eigenvalue weighted by Crippen LogP contribution is 2.14. The quantitative estimate of drug-likeness (QED) is 0.638. The van der Waals surface area contributed by atoms with E-state index < -0.39 is 0 Å². The number of phenols is 1. The Morgan fingerprint density at radius 1 is 1.40 bits per heavy atom. The molecule has 0 bridgehead atoms. The number of carbonyl (C=O) groups is 2. The van der Waals surface area contributed by atoms with Gasteiger partial charge < -0.3 is 20.4 Å². The van der Waals surface area contributed by atoms with Gasteiger partial charge in [0.15, 0.2) is 0 Å². The highest BCUT2D eigenvalue weighted by atomic mass is 32.2. The predicted octanol–water partition coefficient (Wildman–Crippen LogP) is 1.97. The molecular weight excluding hydrogens is 340 g/mol. The molecule has 0 radical (unpaired) electrons. The van der Waals surface area contributed by atoms with Crippen molar-refractivity contribution in [2.75, 3.05) is 31.6 Å². The van der Waals surface area contributed by atoms with Crippen LogP contribution >= 0.6 is 11.8 Å². The fourth-order valence-corrected chi connectivity index (χ4v) is 3.23. The number of hydrogen-bond donors (Lipinski definition) is 3. The molecule has 0 aliphatic carbocycles. The number of rotatable bonds is 7. The molecule has 140 valence electrons. The van der Waals surface area contributed by atoms with Crippen LogP contribution in [0.3, 0.4) is 0 Å². The molecule has 25 heavy (non-hydrogen) atoms. The number of piperidine rings is 1. The van der Waals surface area contributed by atoms with E-state index in [0.29, 0.717) is 18.9 Å². The van der Waals surface area contributed by atoms with Gasteiger partial charge in [0.05, 0.1) is 0 Å². The first kappa shape index (κ1) is 21.3. The number of carboxylic acid groups (broad SMARTS) is 1. The number of likely N-dealkylation sites (tertiary alicyclic amines) is 1. The monoisotopic (exact) mass is 368 g/mol. The van der Waals surface area contributed by atoms with Crippen LogP contribution in [0.2, 0.25) is 0 Å². The predicted molar refractivity (Wildman–Crippen MR) is 101 cm³/mol. The number of thioether (sulfide) groups is 1. The number of nitrogens with one attached hydrogen (secondary N) is 1. The molecule has 0 spiro atoms. The SMILES string of the molecule is CSCCN1CCC(NC(=O)CCc2cccc(O)c2)CC1.O=CO. The Hall–Kier alpha value is -1.73. The number of benzene rings is 1. The molecule has 6 nitrogen and oxygen atoms in total. The molecule has 1 heterocycles. The van der Waals surface area contributed by atoms with Gasteiger partial charge in [0.25, 0.3) is 6.47 Å². The summed E-state index contributed by atoms with van der Waals surface area (Å²) in [7, 11) is 0. The Morgan fingerprint density at radius 3 is 2.68 bits per heavy atom. The molecule has 1 amide bonds. The van der Waals surface area contributed by atoms with E-state index in [2.05, 4.69) is 16.5 Å². The zero-order valence-electron chi connectivity index (χ0n) is 14.7. The van der Waals surface area contributed by atoms with Gasteiger partial charge in [0, 0.05) is 37.8 Å². The van der Waals surface area contributed by atoms with Crippen LogP contribution in [0, 0.1) is 0 Å². The molecule has 1 aromatic carbocycles. The van der Waals surface area contributed by atoms with Crippen molar-refractivity contribution < 1.29 is 19.8 Å². The molecule has 2 rings (SSSR count). The molecule has 3 N–H and O–H groups in total. The minimum atomic E-state index is -0.250. The summed E-state index contributed by atoms with van der Waals surface area (Å²) in [4.78, 5) is 22.9. The summed E-state index contributed by atoms with van der Waals surface area (Å²) in [5.41, 5.74) is 1.00. The van der Waals surface area contributed by atoms with Crippen molar-refractivity contribution in [2.24, 2.45) is 0 Å². The van der Waals surface area contributed by atoms with Crippen molar-refractivity contribution in [3.63, 3.8) is 0 Å². The van der Waals surface area contributed by atoms with Crippen LogP contribution in [-0.2, 0) is 16.0 Å². The lowest BCUT2D eigenvalue weighted by atomic mass is 10.0. The Morgan fingerprint density at radius 2 is 2.08 bits per heavy atom. The molecule has 0 unspecified atom stereocenters. The van der Waals surface area contributed by atoms with Crippen LogP contribution < -0.4 is 5.32 Å². The van der Waals surface area contributed by atoms with E-state index in [4.69, 9.17) is 9.90 Å². The number of carbonyl (C=O) groups excluding carboxylic acids is 1. The van der Waals surface area contributed by atoms with E-state index >= 15 is 0 Å². The normalized spacial score (nSPS) is 15.1. The summed E-state index contributed by atoms with van der Waals surface area (Å²) in [5, 5.41) is 19.5. The molecule has 0 aromatic heterocycles. The Kier molecular flexibility index (Phi) is 10.7. The number of aromatic hydroxyl groups is 1. The van der Waals surface area contributed by atoms with E-state index in [-0.39, 0.29) is 18.1 Å². The summed E-state index contributed by atoms with van der Waals surface area (Å²) < 4.78 is 0. The van der Waals surface area contributed by atoms with Crippen molar-refractivity contribution in [3.8, 4) is 5.75 Å². The fraction of sp³-hybridized carbons (Fsp3) is 0.556. The van der Waals surface area contributed by atoms with E-state index in [0.717, 1.165) is 38.0 Å². The summed E-state index contributed by atoms with van der Waals surface area (Å²) in [5.74, 6) is 1.56. The second-order valence-electron chi connectivity index (χ2n) is 5.95. The Labute approximate surface area is 153 Å². The molecule has 1 fully saturated rings. The maximum absolute atomic E-state index is 12.0. The van der Waals surface area contributed by atoms with Gasteiger partial charge >= 0.3 is 0 Å². The van der Waals surface area contributed by atoms with E-state index in [1.54, 1.807) is 12.1 Å². The van der Waals surface area contributed by atoms with Crippen LogP contribution in [0.1, 0.15) is 24.8 Å². The maximum Gasteiger partial charge on any atom is 0.290 e. The number of phenolic OH excluding ortho intramolecular Hbond substituents is 1. The number of nitrogens with zero attached hydrogens (tertiary/aromatic N) is 1. The van der Waals surface area contributed by atoms with Crippen LogP contribution in [0.4, 0.5) is 0 Å². The summed E-state index contributed by atoms with van der Waals surface area (Å²) in [6.45, 7) is 3.06. The van der Waals surface area contributed by atoms with Gasteiger partial charge in [0.1, 0.15) is 5.75 Å². The van der Waals surface area contributed by atoms with Crippen LogP contribution in [0.15, 0.2) is 24.3 Å². The average Bonchev–Trinajstić information content (AvgIpc) is 2.60. The lowest BCUT2D eigenvalue weighted by molar-refractivity contribution is -0.123. The molecule has 0 atom stereocenters.